The molecule has 1 aromatic heterocycles. The summed E-state index contributed by atoms with van der Waals surface area (Å²) < 4.78 is 0. The number of para-hydroxylation sites is 1. The van der Waals surface area contributed by atoms with Crippen molar-refractivity contribution in [1.82, 2.24) is 9.97 Å². The van der Waals surface area contributed by atoms with Crippen LogP contribution in [-0.4, -0.2) is 17.8 Å². The summed E-state index contributed by atoms with van der Waals surface area (Å²) in [5.41, 5.74) is 3.59. The Balaban J connectivity index is 2.33. The number of benzene rings is 2. The van der Waals surface area contributed by atoms with Crippen LogP contribution in [0.2, 0.25) is 10.0 Å². The molecule has 2 nitrogen and oxygen atoms in total. The zero-order chi connectivity index (χ0) is 14.1. The van der Waals surface area contributed by atoms with Crippen molar-refractivity contribution in [3.63, 3.8) is 0 Å². The Bertz CT molecular complexity index is 790. The quantitative estimate of drug-likeness (QED) is 0.660. The second kappa shape index (κ2) is 5.43. The summed E-state index contributed by atoms with van der Waals surface area (Å²) in [6.07, 6.45) is 0.273. The first kappa shape index (κ1) is 13.4. The number of halogens is 2. The van der Waals surface area contributed by atoms with Crippen molar-refractivity contribution in [3.8, 4) is 11.3 Å². The lowest BCUT2D eigenvalue weighted by molar-refractivity contribution is 1.16. The maximum absolute atomic E-state index is 6.24. The minimum atomic E-state index is 0.273. The van der Waals surface area contributed by atoms with Gasteiger partial charge in [-0.3, -0.25) is 0 Å². The van der Waals surface area contributed by atoms with Gasteiger partial charge in [0.05, 0.1) is 34.8 Å². The lowest BCUT2D eigenvalue weighted by atomic mass is 9.97. The van der Waals surface area contributed by atoms with Gasteiger partial charge in [0.25, 0.3) is 0 Å². The molecule has 0 amide bonds. The van der Waals surface area contributed by atoms with Gasteiger partial charge < -0.3 is 0 Å². The van der Waals surface area contributed by atoms with Gasteiger partial charge in [-0.25, -0.2) is 9.97 Å². The molecule has 5 heteroatoms. The highest BCUT2D eigenvalue weighted by Gasteiger charge is 2.13. The molecular formula is C15H9BCl2N2. The van der Waals surface area contributed by atoms with Crippen molar-refractivity contribution in [2.75, 3.05) is 0 Å². The summed E-state index contributed by atoms with van der Waals surface area (Å²) in [5.74, 6) is 0. The highest BCUT2D eigenvalue weighted by atomic mass is 35.5. The molecule has 0 aliphatic carbocycles. The molecule has 3 rings (SSSR count). The van der Waals surface area contributed by atoms with Crippen molar-refractivity contribution in [1.29, 1.82) is 0 Å². The van der Waals surface area contributed by atoms with Crippen molar-refractivity contribution in [2.24, 2.45) is 0 Å². The average molecular weight is 299 g/mol. The third-order valence-corrected chi connectivity index (χ3v) is 3.67. The zero-order valence-corrected chi connectivity index (χ0v) is 12.0. The summed E-state index contributed by atoms with van der Waals surface area (Å²) in [6.45, 7) is 0. The van der Waals surface area contributed by atoms with E-state index in [1.165, 1.54) is 0 Å². The highest BCUT2D eigenvalue weighted by Crippen LogP contribution is 2.30. The molecule has 0 atom stereocenters. The van der Waals surface area contributed by atoms with E-state index in [9.17, 15) is 0 Å². The fourth-order valence-electron chi connectivity index (χ4n) is 2.09. The van der Waals surface area contributed by atoms with Crippen LogP contribution in [0.15, 0.2) is 42.5 Å². The Morgan fingerprint density at radius 2 is 1.65 bits per heavy atom. The molecular weight excluding hydrogens is 290 g/mol. The smallest absolute Gasteiger partial charge is 0.108 e. The summed E-state index contributed by atoms with van der Waals surface area (Å²) in [7, 11) is 5.79. The first-order chi connectivity index (χ1) is 9.70. The van der Waals surface area contributed by atoms with E-state index in [1.807, 2.05) is 36.4 Å². The van der Waals surface area contributed by atoms with Crippen LogP contribution >= 0.6 is 23.2 Å². The maximum atomic E-state index is 6.24. The van der Waals surface area contributed by atoms with E-state index in [-0.39, 0.29) is 6.32 Å². The van der Waals surface area contributed by atoms with E-state index in [0.717, 1.165) is 11.1 Å². The molecule has 0 aliphatic heterocycles. The molecule has 3 aromatic rings. The van der Waals surface area contributed by atoms with Crippen LogP contribution in [0.25, 0.3) is 22.3 Å². The van der Waals surface area contributed by atoms with Gasteiger partial charge in [-0.15, -0.1) is 0 Å². The van der Waals surface area contributed by atoms with Gasteiger partial charge in [-0.1, -0.05) is 47.5 Å². The van der Waals surface area contributed by atoms with Crippen LogP contribution < -0.4 is 0 Å². The molecule has 0 aliphatic rings. The first-order valence-electron chi connectivity index (χ1n) is 6.11. The van der Waals surface area contributed by atoms with Gasteiger partial charge >= 0.3 is 0 Å². The SMILES string of the molecule is [B]Cc1nc2c(Cl)cccc2nc1-c1ccccc1Cl. The second-order valence-electron chi connectivity index (χ2n) is 4.31. The fraction of sp³-hybridized carbons (Fsp3) is 0.0667. The normalized spacial score (nSPS) is 10.9. The van der Waals surface area contributed by atoms with E-state index >= 15 is 0 Å². The van der Waals surface area contributed by atoms with E-state index < -0.39 is 0 Å². The van der Waals surface area contributed by atoms with Gasteiger partial charge in [0.2, 0.25) is 0 Å². The van der Waals surface area contributed by atoms with Gasteiger partial charge in [-0.2, -0.15) is 0 Å². The summed E-state index contributed by atoms with van der Waals surface area (Å²) in [4.78, 5) is 9.16. The summed E-state index contributed by atoms with van der Waals surface area (Å²) in [5, 5.41) is 1.19. The number of hydrogen-bond donors (Lipinski definition) is 0. The predicted molar refractivity (Wildman–Crippen MR) is 84.5 cm³/mol. The van der Waals surface area contributed by atoms with Gasteiger partial charge in [0.1, 0.15) is 5.52 Å². The van der Waals surface area contributed by atoms with Crippen LogP contribution in [0.3, 0.4) is 0 Å². The van der Waals surface area contributed by atoms with Crippen LogP contribution in [0.1, 0.15) is 5.69 Å². The van der Waals surface area contributed by atoms with E-state index in [1.54, 1.807) is 6.07 Å². The number of fused-ring (bicyclic) bond motifs is 1. The lowest BCUT2D eigenvalue weighted by Crippen LogP contribution is -2.00. The Morgan fingerprint density at radius 3 is 2.40 bits per heavy atom. The highest BCUT2D eigenvalue weighted by molar-refractivity contribution is 6.35. The molecule has 20 heavy (non-hydrogen) atoms. The number of nitrogens with zero attached hydrogens (tertiary/aromatic N) is 2. The Hall–Kier alpha value is -1.58. The van der Waals surface area contributed by atoms with Crippen LogP contribution in [-0.2, 0) is 6.32 Å². The molecule has 1 heterocycles. The molecule has 96 valence electrons. The number of hydrogen-bond acceptors (Lipinski definition) is 2. The molecule has 0 spiro atoms. The van der Waals surface area contributed by atoms with Crippen molar-refractivity contribution >= 4 is 42.1 Å². The molecule has 2 aromatic carbocycles. The van der Waals surface area contributed by atoms with Crippen LogP contribution in [0.4, 0.5) is 0 Å². The largest absolute Gasteiger partial charge is 0.248 e. The topological polar surface area (TPSA) is 25.8 Å². The van der Waals surface area contributed by atoms with Gasteiger partial charge in [0, 0.05) is 5.56 Å². The number of aromatic nitrogens is 2. The molecule has 0 saturated carbocycles. The van der Waals surface area contributed by atoms with Gasteiger partial charge in [0.15, 0.2) is 0 Å². The van der Waals surface area contributed by atoms with E-state index in [0.29, 0.717) is 26.9 Å². The van der Waals surface area contributed by atoms with Crippen molar-refractivity contribution in [2.45, 2.75) is 6.32 Å². The monoisotopic (exact) mass is 298 g/mol. The maximum Gasteiger partial charge on any atom is 0.108 e. The average Bonchev–Trinajstić information content (AvgIpc) is 2.47. The standard InChI is InChI=1S/C15H9BCl2N2/c16-8-13-14(9-4-1-2-5-10(9)17)19-12-7-3-6-11(18)15(12)20-13/h1-7H,8H2. The predicted octanol–water partition coefficient (Wildman–Crippen LogP) is 4.27. The Labute approximate surface area is 128 Å². The third-order valence-electron chi connectivity index (χ3n) is 3.04. The zero-order valence-electron chi connectivity index (χ0n) is 10.5. The summed E-state index contributed by atoms with van der Waals surface area (Å²) >= 11 is 12.4. The van der Waals surface area contributed by atoms with E-state index in [4.69, 9.17) is 31.0 Å². The number of rotatable bonds is 2. The molecule has 0 saturated heterocycles. The minimum Gasteiger partial charge on any atom is -0.248 e. The fourth-order valence-corrected chi connectivity index (χ4v) is 2.53. The Morgan fingerprint density at radius 1 is 0.900 bits per heavy atom. The van der Waals surface area contributed by atoms with Crippen molar-refractivity contribution in [3.05, 3.63) is 58.2 Å². The van der Waals surface area contributed by atoms with Crippen molar-refractivity contribution < 1.29 is 0 Å². The van der Waals surface area contributed by atoms with Crippen LogP contribution in [0.5, 0.6) is 0 Å². The Kier molecular flexibility index (Phi) is 3.64. The molecule has 0 N–H and O–H groups in total. The molecule has 0 bridgehead atoms. The molecule has 0 fully saturated rings. The molecule has 2 radical (unpaired) electrons. The lowest BCUT2D eigenvalue weighted by Gasteiger charge is -2.10. The van der Waals surface area contributed by atoms with Gasteiger partial charge in [-0.05, 0) is 24.5 Å². The third kappa shape index (κ3) is 2.28. The van der Waals surface area contributed by atoms with Crippen LogP contribution in [0, 0.1) is 0 Å². The minimum absolute atomic E-state index is 0.273. The second-order valence-corrected chi connectivity index (χ2v) is 5.12. The first-order valence-corrected chi connectivity index (χ1v) is 6.86. The van der Waals surface area contributed by atoms with E-state index in [2.05, 4.69) is 9.97 Å². The molecule has 0 unspecified atom stereocenters. The summed E-state index contributed by atoms with van der Waals surface area (Å²) in [6, 6.07) is 13.0.